The molecular weight excluding hydrogens is 279 g/mol. The zero-order chi connectivity index (χ0) is 14.0. The number of aromatic nitrogens is 3. The molecule has 2 aromatic heterocycles. The van der Waals surface area contributed by atoms with Gasteiger partial charge in [-0.3, -0.25) is 0 Å². The van der Waals surface area contributed by atoms with Gasteiger partial charge >= 0.3 is 6.18 Å². The Morgan fingerprint density at radius 1 is 1.32 bits per heavy atom. The molecular formula is C12H11ClF3N3. The summed E-state index contributed by atoms with van der Waals surface area (Å²) >= 11 is 5.76. The highest BCUT2D eigenvalue weighted by Gasteiger charge is 2.33. The van der Waals surface area contributed by atoms with Crippen molar-refractivity contribution in [1.82, 2.24) is 14.8 Å². The van der Waals surface area contributed by atoms with Gasteiger partial charge in [0.1, 0.15) is 0 Å². The maximum Gasteiger partial charge on any atom is 0.435 e. The van der Waals surface area contributed by atoms with Crippen molar-refractivity contribution < 1.29 is 13.2 Å². The number of hydrogen-bond donors (Lipinski definition) is 0. The summed E-state index contributed by atoms with van der Waals surface area (Å²) in [5.74, 6) is 0.612. The maximum absolute atomic E-state index is 12.5. The van der Waals surface area contributed by atoms with Crippen LogP contribution in [0.25, 0.3) is 5.82 Å². The first-order valence-electron chi connectivity index (χ1n) is 5.63. The molecule has 2 heterocycles. The average Bonchev–Trinajstić information content (AvgIpc) is 2.87. The standard InChI is InChI=1S/C12H11ClF3N3/c1-2-9-5-8(7-13)6-11(17-9)19-4-3-10(18-19)12(14,15)16/h3-6H,2,7H2,1H3. The van der Waals surface area contributed by atoms with E-state index in [0.717, 1.165) is 22.0 Å². The maximum atomic E-state index is 12.5. The Morgan fingerprint density at radius 2 is 2.05 bits per heavy atom. The smallest absolute Gasteiger partial charge is 0.234 e. The number of hydrogen-bond acceptors (Lipinski definition) is 2. The molecule has 0 aliphatic rings. The van der Waals surface area contributed by atoms with E-state index < -0.39 is 11.9 Å². The monoisotopic (exact) mass is 289 g/mol. The number of aryl methyl sites for hydroxylation is 1. The second-order valence-corrected chi connectivity index (χ2v) is 4.22. The summed E-state index contributed by atoms with van der Waals surface area (Å²) in [6.07, 6.45) is -2.54. The first-order chi connectivity index (χ1) is 8.94. The molecule has 7 heteroatoms. The lowest BCUT2D eigenvalue weighted by Gasteiger charge is -2.06. The molecule has 0 aliphatic carbocycles. The molecule has 0 unspecified atom stereocenters. The van der Waals surface area contributed by atoms with Crippen LogP contribution in [0.3, 0.4) is 0 Å². The fourth-order valence-corrected chi connectivity index (χ4v) is 1.77. The zero-order valence-corrected chi connectivity index (χ0v) is 10.8. The molecule has 102 valence electrons. The van der Waals surface area contributed by atoms with Crippen molar-refractivity contribution in [3.8, 4) is 5.82 Å². The van der Waals surface area contributed by atoms with Crippen LogP contribution in [0.15, 0.2) is 24.4 Å². The molecule has 0 spiro atoms. The van der Waals surface area contributed by atoms with E-state index in [-0.39, 0.29) is 5.88 Å². The van der Waals surface area contributed by atoms with Gasteiger partial charge in [-0.05, 0) is 30.2 Å². The summed E-state index contributed by atoms with van der Waals surface area (Å²) in [7, 11) is 0. The number of nitrogens with zero attached hydrogens (tertiary/aromatic N) is 3. The molecule has 0 bridgehead atoms. The lowest BCUT2D eigenvalue weighted by molar-refractivity contribution is -0.141. The summed E-state index contributed by atoms with van der Waals surface area (Å²) in [5, 5.41) is 3.49. The first kappa shape index (κ1) is 13.9. The lowest BCUT2D eigenvalue weighted by Crippen LogP contribution is -2.08. The Kier molecular flexibility index (Phi) is 3.80. The predicted molar refractivity (Wildman–Crippen MR) is 65.3 cm³/mol. The molecule has 19 heavy (non-hydrogen) atoms. The van der Waals surface area contributed by atoms with Crippen molar-refractivity contribution in [2.75, 3.05) is 0 Å². The van der Waals surface area contributed by atoms with Crippen LogP contribution < -0.4 is 0 Å². The van der Waals surface area contributed by atoms with Gasteiger partial charge in [0.25, 0.3) is 0 Å². The highest BCUT2D eigenvalue weighted by Crippen LogP contribution is 2.27. The average molecular weight is 290 g/mol. The molecule has 0 saturated carbocycles. The minimum atomic E-state index is -4.46. The third kappa shape index (κ3) is 3.07. The normalized spacial score (nSPS) is 11.8. The van der Waals surface area contributed by atoms with Crippen LogP contribution in [-0.2, 0) is 18.5 Å². The summed E-state index contributed by atoms with van der Waals surface area (Å²) in [6, 6.07) is 4.37. The number of rotatable bonds is 3. The van der Waals surface area contributed by atoms with Crippen molar-refractivity contribution in [1.29, 1.82) is 0 Å². The molecule has 2 aromatic rings. The van der Waals surface area contributed by atoms with Crippen molar-refractivity contribution in [2.24, 2.45) is 0 Å². The van der Waals surface area contributed by atoms with Gasteiger partial charge in [-0.1, -0.05) is 6.92 Å². The largest absolute Gasteiger partial charge is 0.435 e. The highest BCUT2D eigenvalue weighted by molar-refractivity contribution is 6.17. The van der Waals surface area contributed by atoms with Crippen molar-refractivity contribution >= 4 is 11.6 Å². The summed E-state index contributed by atoms with van der Waals surface area (Å²) in [6.45, 7) is 1.91. The van der Waals surface area contributed by atoms with Gasteiger partial charge in [0.05, 0.1) is 0 Å². The van der Waals surface area contributed by atoms with Gasteiger partial charge in [0, 0.05) is 17.8 Å². The van der Waals surface area contributed by atoms with E-state index in [1.54, 1.807) is 6.07 Å². The van der Waals surface area contributed by atoms with Crippen LogP contribution in [0.2, 0.25) is 0 Å². The predicted octanol–water partition coefficient (Wildman–Crippen LogP) is 3.59. The van der Waals surface area contributed by atoms with E-state index in [0.29, 0.717) is 12.2 Å². The lowest BCUT2D eigenvalue weighted by atomic mass is 10.2. The second kappa shape index (κ2) is 5.21. The molecule has 0 N–H and O–H groups in total. The fraction of sp³-hybridized carbons (Fsp3) is 0.333. The summed E-state index contributed by atoms with van der Waals surface area (Å²) < 4.78 is 38.6. The molecule has 2 rings (SSSR count). The minimum Gasteiger partial charge on any atom is -0.234 e. The van der Waals surface area contributed by atoms with E-state index in [9.17, 15) is 13.2 Å². The van der Waals surface area contributed by atoms with Crippen molar-refractivity contribution in [2.45, 2.75) is 25.4 Å². The number of pyridine rings is 1. The van der Waals surface area contributed by atoms with Gasteiger partial charge < -0.3 is 0 Å². The molecule has 0 aliphatic heterocycles. The van der Waals surface area contributed by atoms with Gasteiger partial charge in [-0.2, -0.15) is 18.3 Å². The number of halogens is 4. The summed E-state index contributed by atoms with van der Waals surface area (Å²) in [4.78, 5) is 4.24. The molecule has 0 saturated heterocycles. The first-order valence-corrected chi connectivity index (χ1v) is 6.16. The Hall–Kier alpha value is -1.56. The quantitative estimate of drug-likeness (QED) is 0.809. The Balaban J connectivity index is 2.43. The number of alkyl halides is 4. The van der Waals surface area contributed by atoms with Gasteiger partial charge in [-0.15, -0.1) is 11.6 Å². The van der Waals surface area contributed by atoms with Gasteiger partial charge in [-0.25, -0.2) is 9.67 Å². The van der Waals surface area contributed by atoms with Crippen LogP contribution >= 0.6 is 11.6 Å². The molecule has 0 radical (unpaired) electrons. The molecule has 0 amide bonds. The van der Waals surface area contributed by atoms with Crippen LogP contribution in [0, 0.1) is 0 Å². The minimum absolute atomic E-state index is 0.274. The molecule has 3 nitrogen and oxygen atoms in total. The Bertz CT molecular complexity index is 556. The van der Waals surface area contributed by atoms with Crippen LogP contribution in [-0.4, -0.2) is 14.8 Å². The van der Waals surface area contributed by atoms with E-state index >= 15 is 0 Å². The van der Waals surface area contributed by atoms with Crippen molar-refractivity contribution in [3.05, 3.63) is 41.3 Å². The van der Waals surface area contributed by atoms with E-state index in [1.807, 2.05) is 13.0 Å². The van der Waals surface area contributed by atoms with Crippen LogP contribution in [0.4, 0.5) is 13.2 Å². The SMILES string of the molecule is CCc1cc(CCl)cc(-n2ccc(C(F)(F)F)n2)n1. The van der Waals surface area contributed by atoms with E-state index in [4.69, 9.17) is 11.6 Å². The van der Waals surface area contributed by atoms with Crippen LogP contribution in [0.5, 0.6) is 0 Å². The van der Waals surface area contributed by atoms with Gasteiger partial charge in [0.2, 0.25) is 0 Å². The second-order valence-electron chi connectivity index (χ2n) is 3.96. The highest BCUT2D eigenvalue weighted by atomic mass is 35.5. The Morgan fingerprint density at radius 3 is 2.58 bits per heavy atom. The van der Waals surface area contributed by atoms with Crippen molar-refractivity contribution in [3.63, 3.8) is 0 Å². The third-order valence-corrected chi connectivity index (χ3v) is 2.86. The fourth-order valence-electron chi connectivity index (χ4n) is 1.61. The Labute approximate surface area is 113 Å². The molecule has 0 atom stereocenters. The van der Waals surface area contributed by atoms with E-state index in [2.05, 4.69) is 10.1 Å². The molecule has 0 fully saturated rings. The van der Waals surface area contributed by atoms with E-state index in [1.165, 1.54) is 6.20 Å². The summed E-state index contributed by atoms with van der Waals surface area (Å²) in [5.41, 5.74) is 0.619. The third-order valence-electron chi connectivity index (χ3n) is 2.56. The van der Waals surface area contributed by atoms with Crippen LogP contribution in [0.1, 0.15) is 23.9 Å². The van der Waals surface area contributed by atoms with Gasteiger partial charge in [0.15, 0.2) is 11.5 Å². The zero-order valence-electron chi connectivity index (χ0n) is 10.1. The molecule has 0 aromatic carbocycles. The topological polar surface area (TPSA) is 30.7 Å².